The fraction of sp³-hybridized carbons (Fsp3) is 0.500. The highest BCUT2D eigenvalue weighted by molar-refractivity contribution is 5.98. The zero-order valence-corrected chi connectivity index (χ0v) is 12.1. The van der Waals surface area contributed by atoms with E-state index in [1.165, 1.54) is 6.07 Å². The monoisotopic (exact) mass is 280 g/mol. The first-order valence-corrected chi connectivity index (χ1v) is 6.35. The summed E-state index contributed by atoms with van der Waals surface area (Å²) in [5.74, 6) is -0.552. The van der Waals surface area contributed by atoms with Crippen LogP contribution in [-0.4, -0.2) is 28.6 Å². The number of aryl methyl sites for hydroxylation is 1. The summed E-state index contributed by atoms with van der Waals surface area (Å²) in [4.78, 5) is 22.5. The molecule has 1 unspecified atom stereocenters. The van der Waals surface area contributed by atoms with Crippen molar-refractivity contribution in [1.82, 2.24) is 5.32 Å². The van der Waals surface area contributed by atoms with Crippen LogP contribution < -0.4 is 5.32 Å². The number of rotatable bonds is 4. The molecule has 1 rings (SSSR count). The second-order valence-corrected chi connectivity index (χ2v) is 5.82. The summed E-state index contributed by atoms with van der Waals surface area (Å²) in [7, 11) is 0. The van der Waals surface area contributed by atoms with Crippen LogP contribution in [0.5, 0.6) is 0 Å². The van der Waals surface area contributed by atoms with Crippen molar-refractivity contribution in [3.05, 3.63) is 39.4 Å². The Labute approximate surface area is 118 Å². The first-order valence-electron chi connectivity index (χ1n) is 6.35. The minimum atomic E-state index is -0.727. The molecule has 2 N–H and O–H groups in total. The summed E-state index contributed by atoms with van der Waals surface area (Å²) in [5, 5.41) is 23.4. The number of hydrogen-bond donors (Lipinski definition) is 2. The summed E-state index contributed by atoms with van der Waals surface area (Å²) in [6.45, 7) is 7.17. The maximum absolute atomic E-state index is 12.0. The molecule has 110 valence electrons. The molecule has 0 bridgehead atoms. The number of nitrogens with zero attached hydrogens (tertiary/aromatic N) is 1. The number of nitrogens with one attached hydrogen (secondary N) is 1. The van der Waals surface area contributed by atoms with Gasteiger partial charge in [-0.05, 0) is 18.4 Å². The molecule has 0 fully saturated rings. The zero-order valence-electron chi connectivity index (χ0n) is 12.1. The van der Waals surface area contributed by atoms with Crippen LogP contribution in [0.15, 0.2) is 18.2 Å². The number of carbonyl (C=O) groups excluding carboxylic acids is 1. The summed E-state index contributed by atoms with van der Waals surface area (Å²) in [6, 6.07) is 4.58. The van der Waals surface area contributed by atoms with E-state index in [9.17, 15) is 20.0 Å². The molecule has 1 aromatic rings. The van der Waals surface area contributed by atoms with Gasteiger partial charge in [0, 0.05) is 12.1 Å². The average molecular weight is 280 g/mol. The van der Waals surface area contributed by atoms with Gasteiger partial charge in [0.2, 0.25) is 0 Å². The molecule has 0 aliphatic carbocycles. The van der Waals surface area contributed by atoms with Crippen LogP contribution in [0.25, 0.3) is 0 Å². The van der Waals surface area contributed by atoms with Crippen LogP contribution in [0.4, 0.5) is 5.69 Å². The van der Waals surface area contributed by atoms with Crippen molar-refractivity contribution in [3.8, 4) is 0 Å². The number of aliphatic hydroxyl groups is 1. The van der Waals surface area contributed by atoms with E-state index in [0.29, 0.717) is 5.56 Å². The Morgan fingerprint density at radius 2 is 2.05 bits per heavy atom. The quantitative estimate of drug-likeness (QED) is 0.652. The van der Waals surface area contributed by atoms with Crippen molar-refractivity contribution in [3.63, 3.8) is 0 Å². The van der Waals surface area contributed by atoms with Crippen LogP contribution in [0.2, 0.25) is 0 Å². The molecule has 20 heavy (non-hydrogen) atoms. The van der Waals surface area contributed by atoms with Crippen molar-refractivity contribution in [2.24, 2.45) is 5.41 Å². The van der Waals surface area contributed by atoms with Crippen LogP contribution in [-0.2, 0) is 0 Å². The Morgan fingerprint density at radius 3 is 2.55 bits per heavy atom. The van der Waals surface area contributed by atoms with Crippen molar-refractivity contribution < 1.29 is 14.8 Å². The minimum Gasteiger partial charge on any atom is -0.391 e. The largest absolute Gasteiger partial charge is 0.391 e. The van der Waals surface area contributed by atoms with E-state index in [0.717, 1.165) is 0 Å². The highest BCUT2D eigenvalue weighted by Crippen LogP contribution is 2.23. The van der Waals surface area contributed by atoms with Gasteiger partial charge in [0.1, 0.15) is 5.56 Å². The van der Waals surface area contributed by atoms with Gasteiger partial charge in [-0.15, -0.1) is 0 Å². The zero-order chi connectivity index (χ0) is 15.5. The van der Waals surface area contributed by atoms with Gasteiger partial charge in [0.05, 0.1) is 11.0 Å². The fourth-order valence-corrected chi connectivity index (χ4v) is 1.68. The van der Waals surface area contributed by atoms with Gasteiger partial charge in [-0.25, -0.2) is 0 Å². The number of para-hydroxylation sites is 1. The lowest BCUT2D eigenvalue weighted by atomic mass is 9.89. The van der Waals surface area contributed by atoms with Crippen molar-refractivity contribution in [1.29, 1.82) is 0 Å². The van der Waals surface area contributed by atoms with Crippen LogP contribution in [0, 0.1) is 22.5 Å². The van der Waals surface area contributed by atoms with Crippen LogP contribution >= 0.6 is 0 Å². The molecule has 0 radical (unpaired) electrons. The second kappa shape index (κ2) is 6.00. The third kappa shape index (κ3) is 3.77. The van der Waals surface area contributed by atoms with E-state index in [2.05, 4.69) is 5.32 Å². The van der Waals surface area contributed by atoms with E-state index in [-0.39, 0.29) is 23.2 Å². The Bertz CT molecular complexity index is 520. The van der Waals surface area contributed by atoms with Gasteiger partial charge in [0.25, 0.3) is 11.6 Å². The highest BCUT2D eigenvalue weighted by Gasteiger charge is 2.25. The predicted octanol–water partition coefficient (Wildman–Crippen LogP) is 2.04. The number of carbonyl (C=O) groups is 1. The number of amides is 1. The first kappa shape index (κ1) is 16.1. The summed E-state index contributed by atoms with van der Waals surface area (Å²) in [6.07, 6.45) is -0.727. The first-order chi connectivity index (χ1) is 9.14. The number of benzene rings is 1. The normalized spacial score (nSPS) is 12.8. The highest BCUT2D eigenvalue weighted by atomic mass is 16.6. The third-order valence-corrected chi connectivity index (χ3v) is 3.12. The molecule has 1 amide bonds. The lowest BCUT2D eigenvalue weighted by Crippen LogP contribution is -2.39. The SMILES string of the molecule is Cc1cccc(C(=O)NCC(O)C(C)(C)C)c1[N+](=O)[O-]. The van der Waals surface area contributed by atoms with Gasteiger partial charge < -0.3 is 10.4 Å². The topological polar surface area (TPSA) is 92.5 Å². The number of aliphatic hydroxyl groups excluding tert-OH is 1. The van der Waals surface area contributed by atoms with Gasteiger partial charge in [-0.3, -0.25) is 14.9 Å². The molecule has 1 atom stereocenters. The molecule has 6 heteroatoms. The van der Waals surface area contributed by atoms with E-state index in [1.807, 2.05) is 20.8 Å². The molecule has 0 aromatic heterocycles. The standard InChI is InChI=1S/C14H20N2O4/c1-9-6-5-7-10(12(9)16(19)20)13(18)15-8-11(17)14(2,3)4/h5-7,11,17H,8H2,1-4H3,(H,15,18). The molecule has 0 aliphatic heterocycles. The molecule has 0 saturated carbocycles. The molecule has 1 aromatic carbocycles. The maximum Gasteiger partial charge on any atom is 0.285 e. The van der Waals surface area contributed by atoms with Gasteiger partial charge in [-0.1, -0.05) is 32.9 Å². The second-order valence-electron chi connectivity index (χ2n) is 5.82. The minimum absolute atomic E-state index is 0.0103. The fourth-order valence-electron chi connectivity index (χ4n) is 1.68. The molecular formula is C14H20N2O4. The third-order valence-electron chi connectivity index (χ3n) is 3.12. The molecular weight excluding hydrogens is 260 g/mol. The number of nitro benzene ring substituents is 1. The van der Waals surface area contributed by atoms with E-state index < -0.39 is 16.9 Å². The van der Waals surface area contributed by atoms with E-state index >= 15 is 0 Å². The summed E-state index contributed by atoms with van der Waals surface area (Å²) in [5.41, 5.74) is -0.128. The Morgan fingerprint density at radius 1 is 1.45 bits per heavy atom. The van der Waals surface area contributed by atoms with Gasteiger partial charge in [-0.2, -0.15) is 0 Å². The predicted molar refractivity (Wildman–Crippen MR) is 75.6 cm³/mol. The van der Waals surface area contributed by atoms with E-state index in [1.54, 1.807) is 19.1 Å². The Kier molecular flexibility index (Phi) is 4.83. The van der Waals surface area contributed by atoms with Crippen molar-refractivity contribution in [2.75, 3.05) is 6.54 Å². The average Bonchev–Trinajstić information content (AvgIpc) is 2.33. The lowest BCUT2D eigenvalue weighted by molar-refractivity contribution is -0.385. The maximum atomic E-state index is 12.0. The van der Waals surface area contributed by atoms with Crippen molar-refractivity contribution >= 4 is 11.6 Å². The lowest BCUT2D eigenvalue weighted by Gasteiger charge is -2.25. The smallest absolute Gasteiger partial charge is 0.285 e. The molecule has 0 spiro atoms. The van der Waals surface area contributed by atoms with Crippen LogP contribution in [0.3, 0.4) is 0 Å². The molecule has 0 heterocycles. The molecule has 0 saturated heterocycles. The number of hydrogen-bond acceptors (Lipinski definition) is 4. The van der Waals surface area contributed by atoms with Gasteiger partial charge >= 0.3 is 0 Å². The summed E-state index contributed by atoms with van der Waals surface area (Å²) >= 11 is 0. The Balaban J connectivity index is 2.89. The van der Waals surface area contributed by atoms with E-state index in [4.69, 9.17) is 0 Å². The molecule has 0 aliphatic rings. The summed E-state index contributed by atoms with van der Waals surface area (Å²) < 4.78 is 0. The number of nitro groups is 1. The van der Waals surface area contributed by atoms with Crippen LogP contribution in [0.1, 0.15) is 36.7 Å². The van der Waals surface area contributed by atoms with Gasteiger partial charge in [0.15, 0.2) is 0 Å². The molecule has 6 nitrogen and oxygen atoms in total. The Hall–Kier alpha value is -1.95. The van der Waals surface area contributed by atoms with Crippen molar-refractivity contribution in [2.45, 2.75) is 33.8 Å².